The lowest BCUT2D eigenvalue weighted by molar-refractivity contribution is -0.0896. The SMILES string of the molecule is C#C[C@]1(CO)O[C@@H](n2cnc3c(=O)[nH]c(N)nc32)[C@@H](C)[C@@H]1O. The number of aliphatic hydroxyl groups excluding tert-OH is 2. The van der Waals surface area contributed by atoms with Crippen molar-refractivity contribution in [3.8, 4) is 12.3 Å². The molecule has 2 aromatic heterocycles. The van der Waals surface area contributed by atoms with Crippen molar-refractivity contribution in [3.63, 3.8) is 0 Å². The first-order chi connectivity index (χ1) is 10.4. The molecule has 116 valence electrons. The molecule has 9 nitrogen and oxygen atoms in total. The van der Waals surface area contributed by atoms with Crippen LogP contribution in [0, 0.1) is 18.3 Å². The molecule has 4 atom stereocenters. The Hall–Kier alpha value is -2.41. The summed E-state index contributed by atoms with van der Waals surface area (Å²) in [5.74, 6) is 1.79. The van der Waals surface area contributed by atoms with Gasteiger partial charge in [0.05, 0.1) is 12.9 Å². The molecule has 1 fully saturated rings. The van der Waals surface area contributed by atoms with E-state index in [0.29, 0.717) is 0 Å². The molecule has 0 spiro atoms. The van der Waals surface area contributed by atoms with Gasteiger partial charge in [0.2, 0.25) is 5.95 Å². The maximum absolute atomic E-state index is 11.8. The van der Waals surface area contributed by atoms with E-state index in [1.54, 1.807) is 6.92 Å². The normalized spacial score (nSPS) is 31.5. The molecular weight excluding hydrogens is 290 g/mol. The number of aliphatic hydroxyl groups is 2. The third kappa shape index (κ3) is 1.82. The maximum atomic E-state index is 11.8. The molecule has 0 saturated carbocycles. The van der Waals surface area contributed by atoms with Gasteiger partial charge in [-0.2, -0.15) is 4.98 Å². The van der Waals surface area contributed by atoms with Crippen LogP contribution in [-0.4, -0.2) is 48.0 Å². The minimum Gasteiger partial charge on any atom is -0.392 e. The molecule has 2 aromatic rings. The van der Waals surface area contributed by atoms with Crippen molar-refractivity contribution in [2.24, 2.45) is 5.92 Å². The highest BCUT2D eigenvalue weighted by Gasteiger charge is 2.52. The van der Waals surface area contributed by atoms with Crippen LogP contribution in [0.15, 0.2) is 11.1 Å². The summed E-state index contributed by atoms with van der Waals surface area (Å²) in [5.41, 5.74) is 3.89. The molecule has 0 unspecified atom stereocenters. The van der Waals surface area contributed by atoms with Crippen molar-refractivity contribution in [3.05, 3.63) is 16.7 Å². The van der Waals surface area contributed by atoms with Gasteiger partial charge in [0, 0.05) is 5.92 Å². The van der Waals surface area contributed by atoms with Crippen molar-refractivity contribution in [1.29, 1.82) is 0 Å². The minimum atomic E-state index is -1.51. The van der Waals surface area contributed by atoms with E-state index in [0.717, 1.165) is 0 Å². The molecule has 3 rings (SSSR count). The summed E-state index contributed by atoms with van der Waals surface area (Å²) in [6, 6.07) is 0. The molecule has 0 aromatic carbocycles. The number of hydrogen-bond acceptors (Lipinski definition) is 7. The number of rotatable bonds is 2. The van der Waals surface area contributed by atoms with Crippen LogP contribution in [-0.2, 0) is 4.74 Å². The van der Waals surface area contributed by atoms with Gasteiger partial charge in [0.1, 0.15) is 12.3 Å². The quantitative estimate of drug-likeness (QED) is 0.500. The lowest BCUT2D eigenvalue weighted by Crippen LogP contribution is -2.43. The van der Waals surface area contributed by atoms with Crippen molar-refractivity contribution in [2.45, 2.75) is 24.9 Å². The van der Waals surface area contributed by atoms with Crippen molar-refractivity contribution < 1.29 is 14.9 Å². The lowest BCUT2D eigenvalue weighted by atomic mass is 9.92. The summed E-state index contributed by atoms with van der Waals surface area (Å²) in [6.45, 7) is 1.18. The Kier molecular flexibility index (Phi) is 3.17. The number of fused-ring (bicyclic) bond motifs is 1. The summed E-state index contributed by atoms with van der Waals surface area (Å²) < 4.78 is 7.17. The van der Waals surface area contributed by atoms with Gasteiger partial charge in [0.25, 0.3) is 5.56 Å². The molecule has 0 radical (unpaired) electrons. The number of aromatic nitrogens is 4. The van der Waals surface area contributed by atoms with Crippen LogP contribution in [0.4, 0.5) is 5.95 Å². The number of aromatic amines is 1. The Labute approximate surface area is 124 Å². The summed E-state index contributed by atoms with van der Waals surface area (Å²) in [4.78, 5) is 22.2. The molecule has 3 heterocycles. The summed E-state index contributed by atoms with van der Waals surface area (Å²) in [7, 11) is 0. The highest BCUT2D eigenvalue weighted by atomic mass is 16.6. The number of nitrogens with zero attached hydrogens (tertiary/aromatic N) is 3. The first-order valence-corrected chi connectivity index (χ1v) is 6.60. The fraction of sp³-hybridized carbons (Fsp3) is 0.462. The fourth-order valence-corrected chi connectivity index (χ4v) is 2.71. The zero-order chi connectivity index (χ0) is 16.1. The highest BCUT2D eigenvalue weighted by molar-refractivity contribution is 5.70. The van der Waals surface area contributed by atoms with Crippen molar-refractivity contribution in [1.82, 2.24) is 19.5 Å². The number of terminal acetylenes is 1. The number of hydrogen-bond donors (Lipinski definition) is 4. The van der Waals surface area contributed by atoms with Crippen LogP contribution >= 0.6 is 0 Å². The van der Waals surface area contributed by atoms with E-state index >= 15 is 0 Å². The molecule has 1 aliphatic heterocycles. The Bertz CT molecular complexity index is 822. The Morgan fingerprint density at radius 2 is 2.41 bits per heavy atom. The minimum absolute atomic E-state index is 0.0594. The Morgan fingerprint density at radius 1 is 1.68 bits per heavy atom. The Balaban J connectivity index is 2.13. The first-order valence-electron chi connectivity index (χ1n) is 6.60. The van der Waals surface area contributed by atoms with Crippen LogP contribution in [0.2, 0.25) is 0 Å². The molecular formula is C13H15N5O4. The van der Waals surface area contributed by atoms with Crippen LogP contribution in [0.1, 0.15) is 13.2 Å². The second-order valence-electron chi connectivity index (χ2n) is 5.28. The molecule has 0 amide bonds. The van der Waals surface area contributed by atoms with Crippen molar-refractivity contribution >= 4 is 17.1 Å². The number of nitrogens with one attached hydrogen (secondary N) is 1. The smallest absolute Gasteiger partial charge is 0.280 e. The fourth-order valence-electron chi connectivity index (χ4n) is 2.71. The predicted octanol–water partition coefficient (Wildman–Crippen LogP) is -1.41. The van der Waals surface area contributed by atoms with Gasteiger partial charge in [-0.15, -0.1) is 6.42 Å². The van der Waals surface area contributed by atoms with Crippen molar-refractivity contribution in [2.75, 3.05) is 12.3 Å². The van der Waals surface area contributed by atoms with E-state index in [1.165, 1.54) is 10.9 Å². The number of ether oxygens (including phenoxy) is 1. The van der Waals surface area contributed by atoms with Gasteiger partial charge < -0.3 is 20.7 Å². The van der Waals surface area contributed by atoms with Gasteiger partial charge in [-0.1, -0.05) is 12.8 Å². The monoisotopic (exact) mass is 305 g/mol. The molecule has 1 saturated heterocycles. The third-order valence-electron chi connectivity index (χ3n) is 3.96. The largest absolute Gasteiger partial charge is 0.392 e. The van der Waals surface area contributed by atoms with Gasteiger partial charge >= 0.3 is 0 Å². The average Bonchev–Trinajstić information content (AvgIpc) is 3.01. The lowest BCUT2D eigenvalue weighted by Gasteiger charge is -2.23. The highest BCUT2D eigenvalue weighted by Crippen LogP contribution is 2.41. The number of nitrogens with two attached hydrogens (primary N) is 1. The summed E-state index contributed by atoms with van der Waals surface area (Å²) >= 11 is 0. The zero-order valence-corrected chi connectivity index (χ0v) is 11.7. The van der Waals surface area contributed by atoms with Gasteiger partial charge in [0.15, 0.2) is 16.8 Å². The molecule has 5 N–H and O–H groups in total. The molecule has 0 aliphatic carbocycles. The first kappa shape index (κ1) is 14.5. The van der Waals surface area contributed by atoms with E-state index in [1.807, 2.05) is 0 Å². The van der Waals surface area contributed by atoms with E-state index in [4.69, 9.17) is 16.9 Å². The van der Waals surface area contributed by atoms with Crippen LogP contribution in [0.25, 0.3) is 11.2 Å². The topological polar surface area (TPSA) is 139 Å². The van der Waals surface area contributed by atoms with Crippen LogP contribution in [0.5, 0.6) is 0 Å². The van der Waals surface area contributed by atoms with Gasteiger partial charge in [-0.3, -0.25) is 14.3 Å². The molecule has 0 bridgehead atoms. The predicted molar refractivity (Wildman–Crippen MR) is 76.5 cm³/mol. The Morgan fingerprint density at radius 3 is 3.00 bits per heavy atom. The number of H-pyrrole nitrogens is 1. The second-order valence-corrected chi connectivity index (χ2v) is 5.28. The molecule has 22 heavy (non-hydrogen) atoms. The molecule has 1 aliphatic rings. The van der Waals surface area contributed by atoms with Gasteiger partial charge in [-0.05, 0) is 0 Å². The van der Waals surface area contributed by atoms with Gasteiger partial charge in [-0.25, -0.2) is 4.98 Å². The van der Waals surface area contributed by atoms with Crippen LogP contribution < -0.4 is 11.3 Å². The molecule has 9 heteroatoms. The summed E-state index contributed by atoms with van der Waals surface area (Å²) in [5, 5.41) is 19.8. The average molecular weight is 305 g/mol. The van der Waals surface area contributed by atoms with E-state index < -0.39 is 36.0 Å². The van der Waals surface area contributed by atoms with E-state index in [9.17, 15) is 15.0 Å². The number of anilines is 1. The number of nitrogen functional groups attached to an aromatic ring is 1. The van der Waals surface area contributed by atoms with E-state index in [-0.39, 0.29) is 17.1 Å². The standard InChI is InChI=1S/C13H15N5O4/c1-3-13(4-19)8(20)6(2)11(22-13)18-5-15-7-9(18)16-12(14)17-10(7)21/h1,5-6,8,11,19-20H,4H2,2H3,(H3,14,16,17,21)/t6-,8-,11+,13+/m0/s1. The van der Waals surface area contributed by atoms with Crippen LogP contribution in [0.3, 0.4) is 0 Å². The second kappa shape index (κ2) is 4.81. The zero-order valence-electron chi connectivity index (χ0n) is 11.7. The summed E-state index contributed by atoms with van der Waals surface area (Å²) in [6.07, 6.45) is 4.94. The third-order valence-corrected chi connectivity index (χ3v) is 3.96. The maximum Gasteiger partial charge on any atom is 0.280 e. The van der Waals surface area contributed by atoms with E-state index in [2.05, 4.69) is 20.9 Å². The number of imidazole rings is 1.